The second-order valence-electron chi connectivity index (χ2n) is 5.37. The van der Waals surface area contributed by atoms with Crippen LogP contribution in [-0.2, 0) is 4.74 Å². The van der Waals surface area contributed by atoms with Crippen LogP contribution in [0.1, 0.15) is 27.7 Å². The smallest absolute Gasteiger partial charge is 0.410 e. The lowest BCUT2D eigenvalue weighted by molar-refractivity contribution is 0.0248. The number of rotatable bonds is 0. The van der Waals surface area contributed by atoms with Crippen molar-refractivity contribution in [2.75, 3.05) is 13.1 Å². The van der Waals surface area contributed by atoms with Gasteiger partial charge in [0.1, 0.15) is 5.60 Å². The van der Waals surface area contributed by atoms with Gasteiger partial charge in [0.15, 0.2) is 0 Å². The van der Waals surface area contributed by atoms with Crippen LogP contribution >= 0.6 is 0 Å². The zero-order chi connectivity index (χ0) is 13.2. The lowest BCUT2D eigenvalue weighted by Gasteiger charge is -2.34. The number of piperidine rings is 1. The maximum Gasteiger partial charge on any atom is 0.410 e. The molecule has 0 aromatic carbocycles. The van der Waals surface area contributed by atoms with Gasteiger partial charge in [0.25, 0.3) is 0 Å². The summed E-state index contributed by atoms with van der Waals surface area (Å²) in [4.78, 5) is 13.5. The molecule has 0 radical (unpaired) electrons. The molecule has 1 aliphatic heterocycles. The minimum atomic E-state index is -0.502. The molecular weight excluding hydrogens is 218 g/mol. The molecular formula is C12H21N3O2. The van der Waals surface area contributed by atoms with Gasteiger partial charge in [0, 0.05) is 29.9 Å². The first-order valence-corrected chi connectivity index (χ1v) is 5.72. The Morgan fingerprint density at radius 1 is 1.59 bits per heavy atom. The fourth-order valence-electron chi connectivity index (χ4n) is 1.70. The number of hydrogen-bond acceptors (Lipinski definition) is 4. The van der Waals surface area contributed by atoms with Gasteiger partial charge in [-0.15, -0.1) is 0 Å². The van der Waals surface area contributed by atoms with E-state index in [9.17, 15) is 4.79 Å². The minimum absolute atomic E-state index is 0.00827. The van der Waals surface area contributed by atoms with Gasteiger partial charge >= 0.3 is 6.09 Å². The molecule has 1 amide bonds. The lowest BCUT2D eigenvalue weighted by atomic mass is 9.94. The summed E-state index contributed by atoms with van der Waals surface area (Å²) in [5.74, 6) is -0.00827. The number of amides is 1. The van der Waals surface area contributed by atoms with Crippen LogP contribution in [-0.4, -0.2) is 35.4 Å². The summed E-state index contributed by atoms with van der Waals surface area (Å²) >= 11 is 0. The monoisotopic (exact) mass is 239 g/mol. The highest BCUT2D eigenvalue weighted by atomic mass is 16.6. The maximum atomic E-state index is 11.9. The number of carbonyl (C=O) groups is 1. The Bertz CT molecular complexity index is 355. The summed E-state index contributed by atoms with van der Waals surface area (Å²) in [5, 5.41) is 7.84. The van der Waals surface area contributed by atoms with Gasteiger partial charge in [-0.1, -0.05) is 6.92 Å². The molecule has 0 spiro atoms. The van der Waals surface area contributed by atoms with Crippen molar-refractivity contribution in [3.8, 4) is 0 Å². The van der Waals surface area contributed by atoms with Crippen LogP contribution in [0.5, 0.6) is 0 Å². The van der Waals surface area contributed by atoms with Crippen LogP contribution in [0.25, 0.3) is 0 Å². The van der Waals surface area contributed by atoms with Gasteiger partial charge in [-0.2, -0.15) is 0 Å². The Kier molecular flexibility index (Phi) is 3.80. The molecule has 3 N–H and O–H groups in total. The number of nitrogens with two attached hydrogens (primary N) is 1. The van der Waals surface area contributed by atoms with Crippen LogP contribution in [0.2, 0.25) is 0 Å². The number of carbonyl (C=O) groups excluding carboxylic acids is 1. The molecule has 1 rings (SSSR count). The van der Waals surface area contributed by atoms with E-state index in [1.54, 1.807) is 4.90 Å². The standard InChI is InChI=1S/C12H21N3O2/c1-8-6-15(7-9(5-13)10(8)14)11(16)17-12(2,3)4/h5,8,14H,6-7,13H2,1-4H3/b9-5-,14-10?. The Labute approximate surface area is 102 Å². The van der Waals surface area contributed by atoms with Crippen molar-refractivity contribution in [1.82, 2.24) is 4.90 Å². The summed E-state index contributed by atoms with van der Waals surface area (Å²) in [7, 11) is 0. The van der Waals surface area contributed by atoms with Crippen molar-refractivity contribution < 1.29 is 9.53 Å². The third-order valence-electron chi connectivity index (χ3n) is 2.55. The van der Waals surface area contributed by atoms with Crippen molar-refractivity contribution in [1.29, 1.82) is 5.41 Å². The second-order valence-corrected chi connectivity index (χ2v) is 5.37. The zero-order valence-electron chi connectivity index (χ0n) is 10.9. The zero-order valence-corrected chi connectivity index (χ0v) is 10.9. The van der Waals surface area contributed by atoms with E-state index in [-0.39, 0.29) is 12.0 Å². The predicted molar refractivity (Wildman–Crippen MR) is 67.0 cm³/mol. The van der Waals surface area contributed by atoms with Gasteiger partial charge in [0.2, 0.25) is 0 Å². The van der Waals surface area contributed by atoms with Crippen molar-refractivity contribution >= 4 is 11.8 Å². The average Bonchev–Trinajstić information content (AvgIpc) is 2.19. The molecule has 0 bridgehead atoms. The van der Waals surface area contributed by atoms with Crippen molar-refractivity contribution in [2.45, 2.75) is 33.3 Å². The van der Waals surface area contributed by atoms with Crippen LogP contribution in [0.3, 0.4) is 0 Å². The first-order chi connectivity index (χ1) is 7.74. The first-order valence-electron chi connectivity index (χ1n) is 5.72. The molecule has 1 fully saturated rings. The molecule has 0 saturated carbocycles. The maximum absolute atomic E-state index is 11.9. The Balaban J connectivity index is 2.74. The molecule has 0 aromatic rings. The van der Waals surface area contributed by atoms with Crippen molar-refractivity contribution in [2.24, 2.45) is 11.7 Å². The SMILES string of the molecule is CC1CN(C(=O)OC(C)(C)C)C/C(=C/N)C1=N. The molecule has 1 atom stereocenters. The molecule has 17 heavy (non-hydrogen) atoms. The number of nitrogens with zero attached hydrogens (tertiary/aromatic N) is 1. The summed E-state index contributed by atoms with van der Waals surface area (Å²) < 4.78 is 5.30. The van der Waals surface area contributed by atoms with Crippen molar-refractivity contribution in [3.63, 3.8) is 0 Å². The van der Waals surface area contributed by atoms with Crippen LogP contribution in [0, 0.1) is 11.3 Å². The molecule has 0 aliphatic carbocycles. The number of ether oxygens (including phenoxy) is 1. The summed E-state index contributed by atoms with van der Waals surface area (Å²) in [6.45, 7) is 8.27. The number of likely N-dealkylation sites (tertiary alicyclic amines) is 1. The molecule has 96 valence electrons. The van der Waals surface area contributed by atoms with E-state index < -0.39 is 5.60 Å². The third-order valence-corrected chi connectivity index (χ3v) is 2.55. The summed E-state index contributed by atoms with van der Waals surface area (Å²) in [6, 6.07) is 0. The minimum Gasteiger partial charge on any atom is -0.444 e. The Morgan fingerprint density at radius 2 is 2.18 bits per heavy atom. The predicted octanol–water partition coefficient (Wildman–Crippen LogP) is 1.74. The van der Waals surface area contributed by atoms with E-state index in [0.29, 0.717) is 24.4 Å². The lowest BCUT2D eigenvalue weighted by Crippen LogP contribution is -2.46. The average molecular weight is 239 g/mol. The first kappa shape index (κ1) is 13.5. The molecule has 5 heteroatoms. The molecule has 5 nitrogen and oxygen atoms in total. The van der Waals surface area contributed by atoms with Gasteiger partial charge in [-0.3, -0.25) is 0 Å². The molecule has 1 aliphatic rings. The third kappa shape index (κ3) is 3.47. The number of hydrogen-bond donors (Lipinski definition) is 2. The van der Waals surface area contributed by atoms with E-state index in [1.807, 2.05) is 27.7 Å². The fraction of sp³-hybridized carbons (Fsp3) is 0.667. The molecule has 0 aromatic heterocycles. The molecule has 1 unspecified atom stereocenters. The molecule has 1 saturated heterocycles. The van der Waals surface area contributed by atoms with Crippen LogP contribution in [0.4, 0.5) is 4.79 Å². The van der Waals surface area contributed by atoms with E-state index in [1.165, 1.54) is 6.20 Å². The van der Waals surface area contributed by atoms with Gasteiger partial charge < -0.3 is 20.8 Å². The van der Waals surface area contributed by atoms with Gasteiger partial charge in [-0.25, -0.2) is 4.79 Å². The highest BCUT2D eigenvalue weighted by Gasteiger charge is 2.30. The van der Waals surface area contributed by atoms with Crippen LogP contribution < -0.4 is 5.73 Å². The van der Waals surface area contributed by atoms with Crippen LogP contribution in [0.15, 0.2) is 11.8 Å². The topological polar surface area (TPSA) is 79.4 Å². The quantitative estimate of drug-likeness (QED) is 0.675. The summed E-state index contributed by atoms with van der Waals surface area (Å²) in [6.07, 6.45) is 1.05. The Hall–Kier alpha value is -1.52. The highest BCUT2D eigenvalue weighted by molar-refractivity contribution is 6.01. The van der Waals surface area contributed by atoms with E-state index in [4.69, 9.17) is 15.9 Å². The van der Waals surface area contributed by atoms with E-state index in [0.717, 1.165) is 0 Å². The second kappa shape index (κ2) is 4.77. The summed E-state index contributed by atoms with van der Waals surface area (Å²) in [5.41, 5.74) is 6.16. The fourth-order valence-corrected chi connectivity index (χ4v) is 1.70. The largest absolute Gasteiger partial charge is 0.444 e. The Morgan fingerprint density at radius 3 is 2.65 bits per heavy atom. The molecule has 1 heterocycles. The highest BCUT2D eigenvalue weighted by Crippen LogP contribution is 2.19. The van der Waals surface area contributed by atoms with E-state index in [2.05, 4.69) is 0 Å². The van der Waals surface area contributed by atoms with Crippen molar-refractivity contribution in [3.05, 3.63) is 11.8 Å². The van der Waals surface area contributed by atoms with Gasteiger partial charge in [-0.05, 0) is 20.8 Å². The normalized spacial score (nSPS) is 24.0. The van der Waals surface area contributed by atoms with Gasteiger partial charge in [0.05, 0.1) is 6.54 Å². The number of nitrogens with one attached hydrogen (secondary N) is 1. The van der Waals surface area contributed by atoms with E-state index >= 15 is 0 Å².